The molecule has 0 saturated carbocycles. The predicted octanol–water partition coefficient (Wildman–Crippen LogP) is 0.910. The summed E-state index contributed by atoms with van der Waals surface area (Å²) in [7, 11) is 2.91. The Morgan fingerprint density at radius 3 is 2.60 bits per heavy atom. The molecule has 0 aliphatic heterocycles. The SMILES string of the molecule is COC(=O)C(CN)c1ccccc1OC. The number of carbonyl (C=O) groups excluding carboxylic acids is 1. The molecule has 0 aliphatic carbocycles. The maximum Gasteiger partial charge on any atom is 0.314 e. The Hall–Kier alpha value is -1.55. The second-order valence-corrected chi connectivity index (χ2v) is 3.05. The van der Waals surface area contributed by atoms with E-state index in [1.54, 1.807) is 13.2 Å². The molecule has 1 aromatic rings. The van der Waals surface area contributed by atoms with Gasteiger partial charge in [0.15, 0.2) is 0 Å². The average Bonchev–Trinajstić information content (AvgIpc) is 2.30. The molecule has 2 N–H and O–H groups in total. The molecule has 4 heteroatoms. The smallest absolute Gasteiger partial charge is 0.314 e. The number of methoxy groups -OCH3 is 2. The van der Waals surface area contributed by atoms with Gasteiger partial charge in [0.25, 0.3) is 0 Å². The molecule has 15 heavy (non-hydrogen) atoms. The van der Waals surface area contributed by atoms with Crippen LogP contribution in [0.2, 0.25) is 0 Å². The molecule has 82 valence electrons. The third kappa shape index (κ3) is 2.47. The molecule has 1 atom stereocenters. The molecule has 1 rings (SSSR count). The minimum absolute atomic E-state index is 0.201. The van der Waals surface area contributed by atoms with E-state index in [1.165, 1.54) is 7.11 Å². The molecule has 1 aromatic carbocycles. The average molecular weight is 209 g/mol. The Morgan fingerprint density at radius 2 is 2.07 bits per heavy atom. The maximum atomic E-state index is 11.5. The first-order chi connectivity index (χ1) is 7.24. The van der Waals surface area contributed by atoms with Gasteiger partial charge < -0.3 is 15.2 Å². The second-order valence-electron chi connectivity index (χ2n) is 3.05. The summed E-state index contributed by atoms with van der Waals surface area (Å²) in [6.07, 6.45) is 0. The van der Waals surface area contributed by atoms with Crippen molar-refractivity contribution in [3.05, 3.63) is 29.8 Å². The molecule has 4 nitrogen and oxygen atoms in total. The van der Waals surface area contributed by atoms with E-state index < -0.39 is 5.92 Å². The van der Waals surface area contributed by atoms with Gasteiger partial charge in [-0.05, 0) is 6.07 Å². The number of rotatable bonds is 4. The fourth-order valence-electron chi connectivity index (χ4n) is 1.45. The number of hydrogen-bond acceptors (Lipinski definition) is 4. The lowest BCUT2D eigenvalue weighted by atomic mass is 9.98. The second kappa shape index (κ2) is 5.36. The number of nitrogens with two attached hydrogens (primary N) is 1. The first kappa shape index (κ1) is 11.5. The van der Waals surface area contributed by atoms with E-state index in [9.17, 15) is 4.79 Å². The fourth-order valence-corrected chi connectivity index (χ4v) is 1.45. The maximum absolute atomic E-state index is 11.5. The number of hydrogen-bond donors (Lipinski definition) is 1. The van der Waals surface area contributed by atoms with E-state index >= 15 is 0 Å². The molecule has 0 aromatic heterocycles. The first-order valence-corrected chi connectivity index (χ1v) is 4.65. The van der Waals surface area contributed by atoms with Crippen molar-refractivity contribution in [1.29, 1.82) is 0 Å². The highest BCUT2D eigenvalue weighted by atomic mass is 16.5. The number of para-hydroxylation sites is 1. The van der Waals surface area contributed by atoms with Gasteiger partial charge in [-0.15, -0.1) is 0 Å². The van der Waals surface area contributed by atoms with Crippen molar-refractivity contribution in [3.8, 4) is 5.75 Å². The van der Waals surface area contributed by atoms with E-state index in [0.717, 1.165) is 5.56 Å². The first-order valence-electron chi connectivity index (χ1n) is 4.65. The van der Waals surface area contributed by atoms with Crippen LogP contribution in [0.1, 0.15) is 11.5 Å². The van der Waals surface area contributed by atoms with Crippen LogP contribution >= 0.6 is 0 Å². The summed E-state index contributed by atoms with van der Waals surface area (Å²) in [6.45, 7) is 0.201. The van der Waals surface area contributed by atoms with Gasteiger partial charge in [-0.3, -0.25) is 4.79 Å². The highest BCUT2D eigenvalue weighted by Gasteiger charge is 2.22. The molecule has 0 spiro atoms. The van der Waals surface area contributed by atoms with Crippen LogP contribution in [-0.2, 0) is 9.53 Å². The standard InChI is InChI=1S/C11H15NO3/c1-14-10-6-4-3-5-8(10)9(7-12)11(13)15-2/h3-6,9H,7,12H2,1-2H3. The Morgan fingerprint density at radius 1 is 1.40 bits per heavy atom. The number of carbonyl (C=O) groups is 1. The van der Waals surface area contributed by atoms with Crippen molar-refractivity contribution in [2.24, 2.45) is 5.73 Å². The summed E-state index contributed by atoms with van der Waals surface area (Å²) < 4.78 is 9.84. The van der Waals surface area contributed by atoms with Crippen LogP contribution in [0.15, 0.2) is 24.3 Å². The monoisotopic (exact) mass is 209 g/mol. The van der Waals surface area contributed by atoms with Crippen LogP contribution < -0.4 is 10.5 Å². The third-order valence-electron chi connectivity index (χ3n) is 2.24. The largest absolute Gasteiger partial charge is 0.496 e. The summed E-state index contributed by atoms with van der Waals surface area (Å²) in [6, 6.07) is 7.28. The number of ether oxygens (including phenoxy) is 2. The third-order valence-corrected chi connectivity index (χ3v) is 2.24. The molecule has 0 saturated heterocycles. The Balaban J connectivity index is 3.05. The summed E-state index contributed by atoms with van der Waals surface area (Å²) in [5.41, 5.74) is 6.31. The molecule has 0 amide bonds. The van der Waals surface area contributed by atoms with Crippen molar-refractivity contribution in [2.75, 3.05) is 20.8 Å². The normalized spacial score (nSPS) is 11.9. The topological polar surface area (TPSA) is 61.5 Å². The molecule has 0 aliphatic rings. The van der Waals surface area contributed by atoms with E-state index in [1.807, 2.05) is 18.2 Å². The number of esters is 1. The Labute approximate surface area is 89.0 Å². The van der Waals surface area contributed by atoms with E-state index in [4.69, 9.17) is 10.5 Å². The minimum atomic E-state index is -0.467. The van der Waals surface area contributed by atoms with E-state index in [-0.39, 0.29) is 12.5 Å². The van der Waals surface area contributed by atoms with Crippen molar-refractivity contribution in [3.63, 3.8) is 0 Å². The molecular formula is C11H15NO3. The van der Waals surface area contributed by atoms with Crippen LogP contribution in [0, 0.1) is 0 Å². The van der Waals surface area contributed by atoms with Gasteiger partial charge in [0.05, 0.1) is 20.1 Å². The van der Waals surface area contributed by atoms with E-state index in [0.29, 0.717) is 5.75 Å². The molecule has 0 radical (unpaired) electrons. The van der Waals surface area contributed by atoms with Crippen molar-refractivity contribution in [2.45, 2.75) is 5.92 Å². The van der Waals surface area contributed by atoms with Crippen LogP contribution in [0.3, 0.4) is 0 Å². The highest BCUT2D eigenvalue weighted by Crippen LogP contribution is 2.26. The lowest BCUT2D eigenvalue weighted by Crippen LogP contribution is -2.23. The van der Waals surface area contributed by atoms with Crippen LogP contribution in [0.25, 0.3) is 0 Å². The molecule has 0 heterocycles. The minimum Gasteiger partial charge on any atom is -0.496 e. The van der Waals surface area contributed by atoms with Gasteiger partial charge in [-0.2, -0.15) is 0 Å². The summed E-state index contributed by atoms with van der Waals surface area (Å²) in [5, 5.41) is 0. The quantitative estimate of drug-likeness (QED) is 0.749. The van der Waals surface area contributed by atoms with E-state index in [2.05, 4.69) is 4.74 Å². The summed E-state index contributed by atoms with van der Waals surface area (Å²) in [5.74, 6) is -0.161. The molecule has 0 bridgehead atoms. The van der Waals surface area contributed by atoms with Gasteiger partial charge in [0, 0.05) is 12.1 Å². The zero-order valence-electron chi connectivity index (χ0n) is 8.90. The lowest BCUT2D eigenvalue weighted by Gasteiger charge is -2.15. The lowest BCUT2D eigenvalue weighted by molar-refractivity contribution is -0.142. The Kier molecular flexibility index (Phi) is 4.12. The highest BCUT2D eigenvalue weighted by molar-refractivity contribution is 5.79. The van der Waals surface area contributed by atoms with Gasteiger partial charge >= 0.3 is 5.97 Å². The molecule has 0 fully saturated rings. The van der Waals surface area contributed by atoms with Gasteiger partial charge in [-0.1, -0.05) is 18.2 Å². The Bertz CT molecular complexity index is 338. The van der Waals surface area contributed by atoms with Gasteiger partial charge in [0.1, 0.15) is 5.75 Å². The van der Waals surface area contributed by atoms with Crippen LogP contribution in [-0.4, -0.2) is 26.7 Å². The fraction of sp³-hybridized carbons (Fsp3) is 0.364. The van der Waals surface area contributed by atoms with Crippen molar-refractivity contribution < 1.29 is 14.3 Å². The van der Waals surface area contributed by atoms with Crippen LogP contribution in [0.5, 0.6) is 5.75 Å². The zero-order valence-corrected chi connectivity index (χ0v) is 8.90. The van der Waals surface area contributed by atoms with Crippen molar-refractivity contribution in [1.82, 2.24) is 0 Å². The number of benzene rings is 1. The molecule has 1 unspecified atom stereocenters. The van der Waals surface area contributed by atoms with Gasteiger partial charge in [-0.25, -0.2) is 0 Å². The van der Waals surface area contributed by atoms with Crippen molar-refractivity contribution >= 4 is 5.97 Å². The molecular weight excluding hydrogens is 194 g/mol. The zero-order chi connectivity index (χ0) is 11.3. The van der Waals surface area contributed by atoms with Crippen LogP contribution in [0.4, 0.5) is 0 Å². The predicted molar refractivity (Wildman–Crippen MR) is 56.8 cm³/mol. The summed E-state index contributed by atoms with van der Waals surface area (Å²) >= 11 is 0. The van der Waals surface area contributed by atoms with Gasteiger partial charge in [0.2, 0.25) is 0 Å². The summed E-state index contributed by atoms with van der Waals surface area (Å²) in [4.78, 5) is 11.5.